The number of aromatic amines is 1. The van der Waals surface area contributed by atoms with Gasteiger partial charge in [-0.2, -0.15) is 0 Å². The maximum atomic E-state index is 12.0. The number of hydrogen-bond acceptors (Lipinski definition) is 5. The SMILES string of the molecule is CCn1c(=O)[nH]c2cc3c(NCc4cccnc4)ncnc3cc21. The van der Waals surface area contributed by atoms with E-state index in [1.165, 1.54) is 6.33 Å². The summed E-state index contributed by atoms with van der Waals surface area (Å²) in [5, 5.41) is 4.19. The van der Waals surface area contributed by atoms with Crippen LogP contribution in [0.1, 0.15) is 12.5 Å². The minimum absolute atomic E-state index is 0.111. The molecule has 2 N–H and O–H groups in total. The van der Waals surface area contributed by atoms with Crippen molar-refractivity contribution in [1.82, 2.24) is 24.5 Å². The molecule has 0 aliphatic heterocycles. The molecule has 0 bridgehead atoms. The Kier molecular flexibility index (Phi) is 3.45. The molecule has 3 heterocycles. The summed E-state index contributed by atoms with van der Waals surface area (Å²) in [5.41, 5.74) is 3.39. The third-order valence-electron chi connectivity index (χ3n) is 4.03. The number of benzene rings is 1. The fourth-order valence-corrected chi connectivity index (χ4v) is 2.85. The number of aryl methyl sites for hydroxylation is 1. The molecule has 4 aromatic rings. The number of nitrogens with zero attached hydrogens (tertiary/aromatic N) is 4. The van der Waals surface area contributed by atoms with Gasteiger partial charge in [0.2, 0.25) is 0 Å². The van der Waals surface area contributed by atoms with Gasteiger partial charge >= 0.3 is 5.69 Å². The molecular formula is C17H16N6O. The number of nitrogens with one attached hydrogen (secondary N) is 2. The van der Waals surface area contributed by atoms with Crippen LogP contribution < -0.4 is 11.0 Å². The number of H-pyrrole nitrogens is 1. The number of imidazole rings is 1. The zero-order valence-electron chi connectivity index (χ0n) is 13.2. The standard InChI is InChI=1S/C17H16N6O/c1-2-23-15-7-13-12(6-14(15)22-17(23)24)16(21-10-20-13)19-9-11-4-3-5-18-8-11/h3-8,10H,2,9H2,1H3,(H,22,24)(H,19,20,21). The van der Waals surface area contributed by atoms with Gasteiger partial charge in [-0.15, -0.1) is 0 Å². The van der Waals surface area contributed by atoms with E-state index in [9.17, 15) is 4.79 Å². The number of aromatic nitrogens is 5. The second-order valence-electron chi connectivity index (χ2n) is 5.50. The second-order valence-corrected chi connectivity index (χ2v) is 5.50. The van der Waals surface area contributed by atoms with Gasteiger partial charge < -0.3 is 10.3 Å². The van der Waals surface area contributed by atoms with Crippen LogP contribution in [0.3, 0.4) is 0 Å². The number of hydrogen-bond donors (Lipinski definition) is 2. The molecule has 3 aromatic heterocycles. The molecule has 0 fully saturated rings. The Hall–Kier alpha value is -3.22. The zero-order valence-corrected chi connectivity index (χ0v) is 13.2. The quantitative estimate of drug-likeness (QED) is 0.602. The lowest BCUT2D eigenvalue weighted by Crippen LogP contribution is -2.14. The predicted octanol–water partition coefficient (Wildman–Crippen LogP) is 2.30. The Labute approximate surface area is 137 Å². The van der Waals surface area contributed by atoms with Gasteiger partial charge in [-0.05, 0) is 30.7 Å². The van der Waals surface area contributed by atoms with Crippen molar-refractivity contribution in [1.29, 1.82) is 0 Å². The van der Waals surface area contributed by atoms with Gasteiger partial charge in [-0.1, -0.05) is 6.07 Å². The smallest absolute Gasteiger partial charge is 0.326 e. The molecule has 0 aliphatic carbocycles. The van der Waals surface area contributed by atoms with Crippen LogP contribution in [0.25, 0.3) is 21.9 Å². The summed E-state index contributed by atoms with van der Waals surface area (Å²) in [6, 6.07) is 7.74. The normalized spacial score (nSPS) is 11.2. The highest BCUT2D eigenvalue weighted by Gasteiger charge is 2.10. The van der Waals surface area contributed by atoms with E-state index < -0.39 is 0 Å². The van der Waals surface area contributed by atoms with Gasteiger partial charge in [0.15, 0.2) is 0 Å². The van der Waals surface area contributed by atoms with Crippen molar-refractivity contribution in [3.05, 3.63) is 59.0 Å². The lowest BCUT2D eigenvalue weighted by atomic mass is 10.2. The summed E-state index contributed by atoms with van der Waals surface area (Å²) in [6.45, 7) is 3.17. The van der Waals surface area contributed by atoms with E-state index in [1.54, 1.807) is 10.8 Å². The highest BCUT2D eigenvalue weighted by molar-refractivity contribution is 5.98. The van der Waals surface area contributed by atoms with Crippen LogP contribution in [0.5, 0.6) is 0 Å². The van der Waals surface area contributed by atoms with E-state index in [0.717, 1.165) is 33.3 Å². The third kappa shape index (κ3) is 2.40. The maximum absolute atomic E-state index is 12.0. The first-order valence-corrected chi connectivity index (χ1v) is 7.76. The van der Waals surface area contributed by atoms with Crippen LogP contribution in [-0.4, -0.2) is 24.5 Å². The largest absolute Gasteiger partial charge is 0.365 e. The molecule has 24 heavy (non-hydrogen) atoms. The van der Waals surface area contributed by atoms with Crippen molar-refractivity contribution in [3.8, 4) is 0 Å². The number of rotatable bonds is 4. The van der Waals surface area contributed by atoms with Gasteiger partial charge in [0.05, 0.1) is 16.6 Å². The van der Waals surface area contributed by atoms with E-state index in [0.29, 0.717) is 13.1 Å². The number of anilines is 1. The molecule has 0 saturated carbocycles. The molecule has 0 atom stereocenters. The van der Waals surface area contributed by atoms with Gasteiger partial charge in [0.25, 0.3) is 0 Å². The van der Waals surface area contributed by atoms with Gasteiger partial charge in [0, 0.05) is 30.9 Å². The maximum Gasteiger partial charge on any atom is 0.326 e. The molecule has 0 unspecified atom stereocenters. The average molecular weight is 320 g/mol. The third-order valence-corrected chi connectivity index (χ3v) is 4.03. The Morgan fingerprint density at radius 2 is 2.21 bits per heavy atom. The average Bonchev–Trinajstić information content (AvgIpc) is 2.93. The first-order chi connectivity index (χ1) is 11.8. The fraction of sp³-hybridized carbons (Fsp3) is 0.176. The van der Waals surface area contributed by atoms with Crippen LogP contribution in [0.15, 0.2) is 47.8 Å². The molecule has 4 rings (SSSR count). The first-order valence-electron chi connectivity index (χ1n) is 7.76. The molecule has 0 radical (unpaired) electrons. The summed E-state index contributed by atoms with van der Waals surface area (Å²) < 4.78 is 1.69. The summed E-state index contributed by atoms with van der Waals surface area (Å²) in [5.74, 6) is 0.732. The molecule has 0 spiro atoms. The van der Waals surface area contributed by atoms with E-state index in [2.05, 4.69) is 25.3 Å². The van der Waals surface area contributed by atoms with Crippen molar-refractivity contribution < 1.29 is 0 Å². The van der Waals surface area contributed by atoms with E-state index in [1.807, 2.05) is 37.4 Å². The lowest BCUT2D eigenvalue weighted by Gasteiger charge is -2.08. The Morgan fingerprint density at radius 1 is 1.29 bits per heavy atom. The zero-order chi connectivity index (χ0) is 16.5. The molecule has 120 valence electrons. The van der Waals surface area contributed by atoms with E-state index >= 15 is 0 Å². The van der Waals surface area contributed by atoms with E-state index in [-0.39, 0.29) is 5.69 Å². The Balaban J connectivity index is 1.79. The van der Waals surface area contributed by atoms with Crippen molar-refractivity contribution >= 4 is 27.8 Å². The van der Waals surface area contributed by atoms with Crippen LogP contribution in [0, 0.1) is 0 Å². The van der Waals surface area contributed by atoms with E-state index in [4.69, 9.17) is 0 Å². The minimum atomic E-state index is -0.111. The molecule has 7 heteroatoms. The number of fused-ring (bicyclic) bond motifs is 2. The van der Waals surface area contributed by atoms with Crippen molar-refractivity contribution in [2.24, 2.45) is 0 Å². The highest BCUT2D eigenvalue weighted by atomic mass is 16.1. The minimum Gasteiger partial charge on any atom is -0.365 e. The fourth-order valence-electron chi connectivity index (χ4n) is 2.85. The molecule has 7 nitrogen and oxygen atoms in total. The topological polar surface area (TPSA) is 88.5 Å². The van der Waals surface area contributed by atoms with Crippen LogP contribution >= 0.6 is 0 Å². The lowest BCUT2D eigenvalue weighted by molar-refractivity contribution is 0.753. The van der Waals surface area contributed by atoms with Gasteiger partial charge in [-0.25, -0.2) is 14.8 Å². The second kappa shape index (κ2) is 5.77. The van der Waals surface area contributed by atoms with Crippen LogP contribution in [-0.2, 0) is 13.1 Å². The van der Waals surface area contributed by atoms with Crippen LogP contribution in [0.2, 0.25) is 0 Å². The predicted molar refractivity (Wildman–Crippen MR) is 92.9 cm³/mol. The number of pyridine rings is 1. The molecule has 0 amide bonds. The first kappa shape index (κ1) is 14.4. The monoisotopic (exact) mass is 320 g/mol. The molecule has 1 aromatic carbocycles. The molecular weight excluding hydrogens is 304 g/mol. The van der Waals surface area contributed by atoms with Gasteiger partial charge in [-0.3, -0.25) is 9.55 Å². The molecule has 0 saturated heterocycles. The van der Waals surface area contributed by atoms with Crippen LogP contribution in [0.4, 0.5) is 5.82 Å². The Bertz CT molecular complexity index is 1070. The summed E-state index contributed by atoms with van der Waals surface area (Å²) >= 11 is 0. The van der Waals surface area contributed by atoms with Crippen molar-refractivity contribution in [2.75, 3.05) is 5.32 Å². The van der Waals surface area contributed by atoms with Gasteiger partial charge in [0.1, 0.15) is 12.1 Å². The van der Waals surface area contributed by atoms with Crippen molar-refractivity contribution in [2.45, 2.75) is 20.0 Å². The summed E-state index contributed by atoms with van der Waals surface area (Å²) in [6.07, 6.45) is 5.09. The summed E-state index contributed by atoms with van der Waals surface area (Å²) in [4.78, 5) is 27.7. The Morgan fingerprint density at radius 3 is 3.00 bits per heavy atom. The van der Waals surface area contributed by atoms with Crippen molar-refractivity contribution in [3.63, 3.8) is 0 Å². The molecule has 0 aliphatic rings. The summed E-state index contributed by atoms with van der Waals surface area (Å²) in [7, 11) is 0. The highest BCUT2D eigenvalue weighted by Crippen LogP contribution is 2.24.